The van der Waals surface area contributed by atoms with Crippen molar-refractivity contribution in [2.24, 2.45) is 0 Å². The van der Waals surface area contributed by atoms with Crippen LogP contribution in [0.2, 0.25) is 0 Å². The van der Waals surface area contributed by atoms with Crippen LogP contribution in [0.5, 0.6) is 0 Å². The Morgan fingerprint density at radius 1 is 0.917 bits per heavy atom. The predicted octanol–water partition coefficient (Wildman–Crippen LogP) is 4.61. The van der Waals surface area contributed by atoms with Gasteiger partial charge in [0, 0.05) is 55.7 Å². The highest BCUT2D eigenvalue weighted by Gasteiger charge is 2.41. The molecule has 5 heterocycles. The van der Waals surface area contributed by atoms with Crippen LogP contribution in [0.25, 0.3) is 5.82 Å². The van der Waals surface area contributed by atoms with Crippen molar-refractivity contribution in [3.8, 4) is 5.82 Å². The molecular formula is C28H27N5O2S. The third-order valence-electron chi connectivity index (χ3n) is 7.09. The SMILES string of the molecule is C[C@H](c1cccs1)N1C(=O)c2cccc(N3CCN(Cc4cccn4-c4ccccn4)CC3)c2C1=O. The number of benzene rings is 1. The minimum absolute atomic E-state index is 0.192. The number of rotatable bonds is 6. The molecule has 2 amide bonds. The van der Waals surface area contributed by atoms with Gasteiger partial charge >= 0.3 is 0 Å². The number of hydrogen-bond acceptors (Lipinski definition) is 6. The molecule has 36 heavy (non-hydrogen) atoms. The summed E-state index contributed by atoms with van der Waals surface area (Å²) >= 11 is 1.57. The number of aromatic nitrogens is 2. The van der Waals surface area contributed by atoms with Gasteiger partial charge in [-0.3, -0.25) is 19.4 Å². The zero-order valence-electron chi connectivity index (χ0n) is 20.1. The first-order chi connectivity index (χ1) is 17.6. The van der Waals surface area contributed by atoms with Crippen molar-refractivity contribution in [2.75, 3.05) is 31.1 Å². The first-order valence-corrected chi connectivity index (χ1v) is 13.1. The molecule has 4 aromatic rings. The topological polar surface area (TPSA) is 61.7 Å². The van der Waals surface area contributed by atoms with Crippen LogP contribution in [0.4, 0.5) is 5.69 Å². The number of carbonyl (C=O) groups excluding carboxylic acids is 2. The molecule has 1 saturated heterocycles. The van der Waals surface area contributed by atoms with Gasteiger partial charge in [0.1, 0.15) is 5.82 Å². The average molecular weight is 498 g/mol. The zero-order valence-corrected chi connectivity index (χ0v) is 20.9. The zero-order chi connectivity index (χ0) is 24.6. The molecule has 1 aromatic carbocycles. The van der Waals surface area contributed by atoms with E-state index < -0.39 is 0 Å². The monoisotopic (exact) mass is 497 g/mol. The maximum absolute atomic E-state index is 13.5. The molecule has 0 spiro atoms. The average Bonchev–Trinajstić information content (AvgIpc) is 3.66. The van der Waals surface area contributed by atoms with E-state index in [1.807, 2.05) is 67.2 Å². The summed E-state index contributed by atoms with van der Waals surface area (Å²) in [5, 5.41) is 1.97. The molecule has 7 nitrogen and oxygen atoms in total. The lowest BCUT2D eigenvalue weighted by Crippen LogP contribution is -2.46. The first-order valence-electron chi connectivity index (χ1n) is 12.2. The molecule has 3 aromatic heterocycles. The molecule has 0 bridgehead atoms. The molecular weight excluding hydrogens is 470 g/mol. The Hall–Kier alpha value is -3.75. The highest BCUT2D eigenvalue weighted by atomic mass is 32.1. The van der Waals surface area contributed by atoms with E-state index >= 15 is 0 Å². The molecule has 2 aliphatic heterocycles. The Balaban J connectivity index is 1.18. The van der Waals surface area contributed by atoms with Crippen LogP contribution in [0, 0.1) is 0 Å². The summed E-state index contributed by atoms with van der Waals surface area (Å²) in [6.07, 6.45) is 3.86. The normalized spacial score (nSPS) is 17.0. The van der Waals surface area contributed by atoms with E-state index in [1.54, 1.807) is 17.4 Å². The number of carbonyl (C=O) groups is 2. The van der Waals surface area contributed by atoms with Crippen LogP contribution in [0.1, 0.15) is 44.3 Å². The lowest BCUT2D eigenvalue weighted by molar-refractivity contribution is 0.0598. The van der Waals surface area contributed by atoms with E-state index in [0.29, 0.717) is 11.1 Å². The van der Waals surface area contributed by atoms with Crippen molar-refractivity contribution in [1.29, 1.82) is 0 Å². The van der Waals surface area contributed by atoms with Gasteiger partial charge in [0.2, 0.25) is 0 Å². The molecule has 0 radical (unpaired) electrons. The molecule has 1 atom stereocenters. The van der Waals surface area contributed by atoms with Crippen molar-refractivity contribution in [2.45, 2.75) is 19.5 Å². The minimum Gasteiger partial charge on any atom is -0.368 e. The molecule has 0 unspecified atom stereocenters. The number of amides is 2. The van der Waals surface area contributed by atoms with Crippen LogP contribution in [-0.2, 0) is 6.54 Å². The van der Waals surface area contributed by atoms with Crippen LogP contribution in [0.15, 0.2) is 78.4 Å². The second-order valence-electron chi connectivity index (χ2n) is 9.19. The third-order valence-corrected chi connectivity index (χ3v) is 8.14. The highest BCUT2D eigenvalue weighted by Crippen LogP contribution is 2.37. The fourth-order valence-corrected chi connectivity index (χ4v) is 5.97. The third kappa shape index (κ3) is 3.92. The minimum atomic E-state index is -0.280. The van der Waals surface area contributed by atoms with Gasteiger partial charge in [0.15, 0.2) is 0 Å². The number of piperazine rings is 1. The summed E-state index contributed by atoms with van der Waals surface area (Å²) in [6, 6.07) is 19.4. The molecule has 6 rings (SSSR count). The summed E-state index contributed by atoms with van der Waals surface area (Å²) in [4.78, 5) is 38.3. The van der Waals surface area contributed by atoms with Crippen molar-refractivity contribution < 1.29 is 9.59 Å². The summed E-state index contributed by atoms with van der Waals surface area (Å²) in [6.45, 7) is 6.08. The van der Waals surface area contributed by atoms with Crippen molar-refractivity contribution in [1.82, 2.24) is 19.4 Å². The Morgan fingerprint density at radius 3 is 2.53 bits per heavy atom. The number of imide groups is 1. The standard InChI is InChI=1S/C28H27N5O2S/c1-20(24-10-6-18-36-24)33-27(34)22-8-4-9-23(26(22)28(33)35)31-16-14-30(15-17-31)19-21-7-5-13-32(21)25-11-2-3-12-29-25/h2-13,18,20H,14-17,19H2,1H3/t20-/m1/s1. The molecule has 8 heteroatoms. The number of anilines is 1. The summed E-state index contributed by atoms with van der Waals surface area (Å²) < 4.78 is 2.13. The molecule has 0 aliphatic carbocycles. The molecule has 0 N–H and O–H groups in total. The largest absolute Gasteiger partial charge is 0.368 e. The maximum Gasteiger partial charge on any atom is 0.264 e. The van der Waals surface area contributed by atoms with Crippen molar-refractivity contribution >= 4 is 28.8 Å². The van der Waals surface area contributed by atoms with E-state index in [0.717, 1.165) is 49.1 Å². The molecule has 1 fully saturated rings. The Morgan fingerprint density at radius 2 is 1.78 bits per heavy atom. The fourth-order valence-electron chi connectivity index (χ4n) is 5.20. The van der Waals surface area contributed by atoms with E-state index in [2.05, 4.69) is 31.5 Å². The first kappa shape index (κ1) is 22.7. The predicted molar refractivity (Wildman–Crippen MR) is 141 cm³/mol. The van der Waals surface area contributed by atoms with Gasteiger partial charge in [-0.25, -0.2) is 4.98 Å². The molecule has 0 saturated carbocycles. The Kier molecular flexibility index (Phi) is 5.91. The van der Waals surface area contributed by atoms with Gasteiger partial charge in [-0.1, -0.05) is 18.2 Å². The number of thiophene rings is 1. The van der Waals surface area contributed by atoms with Gasteiger partial charge in [-0.15, -0.1) is 11.3 Å². The van der Waals surface area contributed by atoms with E-state index in [9.17, 15) is 9.59 Å². The maximum atomic E-state index is 13.5. The lowest BCUT2D eigenvalue weighted by Gasteiger charge is -2.36. The fraction of sp³-hybridized carbons (Fsp3) is 0.250. The van der Waals surface area contributed by atoms with Gasteiger partial charge in [-0.2, -0.15) is 0 Å². The van der Waals surface area contributed by atoms with Gasteiger partial charge in [0.25, 0.3) is 11.8 Å². The van der Waals surface area contributed by atoms with Gasteiger partial charge < -0.3 is 9.47 Å². The van der Waals surface area contributed by atoms with Crippen LogP contribution < -0.4 is 4.90 Å². The van der Waals surface area contributed by atoms with E-state index in [-0.39, 0.29) is 17.9 Å². The second-order valence-corrected chi connectivity index (χ2v) is 10.2. The molecule has 182 valence electrons. The quantitative estimate of drug-likeness (QED) is 0.364. The molecule has 2 aliphatic rings. The smallest absolute Gasteiger partial charge is 0.264 e. The van der Waals surface area contributed by atoms with Crippen LogP contribution >= 0.6 is 11.3 Å². The van der Waals surface area contributed by atoms with E-state index in [1.165, 1.54) is 10.6 Å². The number of hydrogen-bond donors (Lipinski definition) is 0. The summed E-state index contributed by atoms with van der Waals surface area (Å²) in [5.74, 6) is 0.522. The van der Waals surface area contributed by atoms with Gasteiger partial charge in [-0.05, 0) is 54.8 Å². The van der Waals surface area contributed by atoms with Crippen LogP contribution in [0.3, 0.4) is 0 Å². The number of pyridine rings is 1. The summed E-state index contributed by atoms with van der Waals surface area (Å²) in [7, 11) is 0. The van der Waals surface area contributed by atoms with Crippen molar-refractivity contribution in [3.63, 3.8) is 0 Å². The lowest BCUT2D eigenvalue weighted by atomic mass is 10.1. The number of fused-ring (bicyclic) bond motifs is 1. The summed E-state index contributed by atoms with van der Waals surface area (Å²) in [5.41, 5.74) is 3.12. The number of nitrogens with zero attached hydrogens (tertiary/aromatic N) is 5. The van der Waals surface area contributed by atoms with Crippen LogP contribution in [-0.4, -0.2) is 57.3 Å². The second kappa shape index (κ2) is 9.37. The Bertz CT molecular complexity index is 1390. The van der Waals surface area contributed by atoms with Gasteiger partial charge in [0.05, 0.1) is 22.9 Å². The Labute approximate surface area is 214 Å². The van der Waals surface area contributed by atoms with Crippen molar-refractivity contribution in [3.05, 3.63) is 100 Å². The van der Waals surface area contributed by atoms with E-state index in [4.69, 9.17) is 0 Å². The highest BCUT2D eigenvalue weighted by molar-refractivity contribution is 7.10.